The van der Waals surface area contributed by atoms with Gasteiger partial charge in [-0.2, -0.15) is 4.98 Å². The molecule has 168 valence electrons. The molecule has 2 N–H and O–H groups in total. The van der Waals surface area contributed by atoms with E-state index >= 15 is 0 Å². The van der Waals surface area contributed by atoms with Crippen LogP contribution >= 0.6 is 11.6 Å². The molecule has 0 bridgehead atoms. The van der Waals surface area contributed by atoms with Crippen LogP contribution in [0.5, 0.6) is 0 Å². The molecule has 3 heterocycles. The zero-order valence-electron chi connectivity index (χ0n) is 17.6. The van der Waals surface area contributed by atoms with E-state index in [0.29, 0.717) is 65.7 Å². The average Bonchev–Trinajstić information content (AvgIpc) is 3.13. The molecule has 2 atom stereocenters. The second-order valence-corrected chi connectivity index (χ2v) is 10.1. The number of fused-ring (bicyclic) bond motifs is 1. The Morgan fingerprint density at radius 2 is 1.94 bits per heavy atom. The van der Waals surface area contributed by atoms with E-state index in [4.69, 9.17) is 21.6 Å². The molecule has 1 saturated heterocycles. The summed E-state index contributed by atoms with van der Waals surface area (Å²) in [5.41, 5.74) is 1.34. The summed E-state index contributed by atoms with van der Waals surface area (Å²) in [4.78, 5) is 14.1. The van der Waals surface area contributed by atoms with Crippen molar-refractivity contribution in [2.75, 3.05) is 53.7 Å². The van der Waals surface area contributed by atoms with Crippen LogP contribution in [0.1, 0.15) is 19.5 Å². The molecule has 4 rings (SSSR count). The number of hydrogen-bond acceptors (Lipinski definition) is 7. The Kier molecular flexibility index (Phi) is 6.64. The smallest absolute Gasteiger partial charge is 0.227 e. The van der Waals surface area contributed by atoms with Crippen LogP contribution in [-0.4, -0.2) is 63.9 Å². The van der Waals surface area contributed by atoms with E-state index < -0.39 is 10.8 Å². The fourth-order valence-electron chi connectivity index (χ4n) is 3.91. The van der Waals surface area contributed by atoms with E-state index in [1.165, 1.54) is 6.07 Å². The number of nitrogens with zero attached hydrogens (tertiary/aromatic N) is 4. The van der Waals surface area contributed by atoms with Crippen molar-refractivity contribution in [3.63, 3.8) is 0 Å². The van der Waals surface area contributed by atoms with Crippen molar-refractivity contribution in [3.8, 4) is 0 Å². The van der Waals surface area contributed by atoms with Crippen LogP contribution in [0.3, 0.4) is 0 Å². The summed E-state index contributed by atoms with van der Waals surface area (Å²) >= 11 is 5.87. The highest BCUT2D eigenvalue weighted by Gasteiger charge is 2.30. The van der Waals surface area contributed by atoms with Crippen LogP contribution in [-0.2, 0) is 17.2 Å². The number of nitrogens with one attached hydrogen (secondary N) is 1. The van der Waals surface area contributed by atoms with E-state index in [0.717, 1.165) is 5.69 Å². The minimum absolute atomic E-state index is 0.0380. The minimum atomic E-state index is -1.14. The van der Waals surface area contributed by atoms with Crippen LogP contribution in [0.2, 0.25) is 5.02 Å². The van der Waals surface area contributed by atoms with Gasteiger partial charge in [-0.25, -0.2) is 9.37 Å². The summed E-state index contributed by atoms with van der Waals surface area (Å²) in [6, 6.07) is 4.55. The molecule has 0 radical (unpaired) electrons. The summed E-state index contributed by atoms with van der Waals surface area (Å²) in [5.74, 6) is 1.53. The van der Waals surface area contributed by atoms with Gasteiger partial charge in [-0.05, 0) is 24.1 Å². The number of rotatable bonds is 6. The van der Waals surface area contributed by atoms with E-state index in [9.17, 15) is 13.7 Å². The van der Waals surface area contributed by atoms with Crippen LogP contribution < -0.4 is 15.1 Å². The number of piperazine rings is 1. The third-order valence-corrected chi connectivity index (χ3v) is 7.51. The van der Waals surface area contributed by atoms with E-state index in [1.807, 2.05) is 18.7 Å². The molecule has 2 aliphatic heterocycles. The lowest BCUT2D eigenvalue weighted by molar-refractivity contribution is 0.249. The fraction of sp³-hybridized carbons (Fsp3) is 0.524. The third-order valence-electron chi connectivity index (χ3n) is 5.81. The monoisotopic (exact) mass is 467 g/mol. The van der Waals surface area contributed by atoms with E-state index in [-0.39, 0.29) is 24.4 Å². The SMILES string of the molecule is CC(C)C(CO)Nc1nc(N2CCN(c3ccc(Cl)cc3F)CC2)nc2c1[S@](=O)CC2. The predicted molar refractivity (Wildman–Crippen MR) is 122 cm³/mol. The van der Waals surface area contributed by atoms with Crippen LogP contribution in [0, 0.1) is 11.7 Å². The molecule has 0 spiro atoms. The number of aryl methyl sites for hydroxylation is 1. The van der Waals surface area contributed by atoms with Gasteiger partial charge in [0.05, 0.1) is 34.8 Å². The van der Waals surface area contributed by atoms with Gasteiger partial charge in [-0.15, -0.1) is 0 Å². The Bertz CT molecular complexity index is 984. The normalized spacial score (nSPS) is 19.6. The molecule has 1 aromatic carbocycles. The van der Waals surface area contributed by atoms with Crippen molar-refractivity contribution in [2.45, 2.75) is 31.2 Å². The number of halogens is 2. The second-order valence-electron chi connectivity index (χ2n) is 8.19. The van der Waals surface area contributed by atoms with Crippen LogP contribution in [0.15, 0.2) is 23.1 Å². The zero-order valence-corrected chi connectivity index (χ0v) is 19.2. The summed E-state index contributed by atoms with van der Waals surface area (Å²) in [7, 11) is -1.14. The maximum atomic E-state index is 14.3. The number of anilines is 3. The van der Waals surface area contributed by atoms with Crippen LogP contribution in [0.25, 0.3) is 0 Å². The Labute approximate surface area is 189 Å². The predicted octanol–water partition coefficient (Wildman–Crippen LogP) is 2.69. The van der Waals surface area contributed by atoms with Gasteiger partial charge >= 0.3 is 0 Å². The standard InChI is InChI=1S/C21H27ClFN5O2S/c1-13(2)17(12-29)24-20-19-16(5-10-31(19)30)25-21(26-20)28-8-6-27(7-9-28)18-4-3-14(22)11-15(18)23/h3-4,11,13,17,29H,5-10,12H2,1-2H3,(H,24,25,26)/t17?,31-/m1/s1. The van der Waals surface area contributed by atoms with Crippen molar-refractivity contribution in [3.05, 3.63) is 34.7 Å². The minimum Gasteiger partial charge on any atom is -0.394 e. The summed E-state index contributed by atoms with van der Waals surface area (Å²) in [6.07, 6.45) is 0.646. The Balaban J connectivity index is 1.55. The lowest BCUT2D eigenvalue weighted by atomic mass is 10.1. The number of hydrogen-bond donors (Lipinski definition) is 2. The first-order chi connectivity index (χ1) is 14.9. The van der Waals surface area contributed by atoms with Crippen molar-refractivity contribution in [1.82, 2.24) is 9.97 Å². The molecular weight excluding hydrogens is 441 g/mol. The largest absolute Gasteiger partial charge is 0.394 e. The summed E-state index contributed by atoms with van der Waals surface area (Å²) < 4.78 is 26.8. The van der Waals surface area contributed by atoms with Crippen molar-refractivity contribution in [2.24, 2.45) is 5.92 Å². The van der Waals surface area contributed by atoms with Gasteiger partial charge in [-0.1, -0.05) is 25.4 Å². The topological polar surface area (TPSA) is 81.6 Å². The molecule has 1 unspecified atom stereocenters. The number of benzene rings is 1. The van der Waals surface area contributed by atoms with Gasteiger partial charge in [0, 0.05) is 43.4 Å². The van der Waals surface area contributed by atoms with E-state index in [2.05, 4.69) is 10.2 Å². The zero-order chi connectivity index (χ0) is 22.1. The van der Waals surface area contributed by atoms with Crippen molar-refractivity contribution < 1.29 is 13.7 Å². The molecule has 1 fully saturated rings. The van der Waals surface area contributed by atoms with Gasteiger partial charge in [0.15, 0.2) is 0 Å². The number of aliphatic hydroxyl groups excluding tert-OH is 1. The van der Waals surface area contributed by atoms with Gasteiger partial charge in [0.25, 0.3) is 0 Å². The highest BCUT2D eigenvalue weighted by molar-refractivity contribution is 7.85. The highest BCUT2D eigenvalue weighted by Crippen LogP contribution is 2.31. The highest BCUT2D eigenvalue weighted by atomic mass is 35.5. The summed E-state index contributed by atoms with van der Waals surface area (Å²) in [6.45, 7) is 6.51. The van der Waals surface area contributed by atoms with Gasteiger partial charge in [0.1, 0.15) is 16.5 Å². The molecule has 0 aliphatic carbocycles. The molecular formula is C21H27ClFN5O2S. The first-order valence-corrected chi connectivity index (χ1v) is 12.2. The molecule has 2 aromatic rings. The van der Waals surface area contributed by atoms with Crippen molar-refractivity contribution >= 4 is 39.9 Å². The molecule has 10 heteroatoms. The Morgan fingerprint density at radius 3 is 2.58 bits per heavy atom. The average molecular weight is 468 g/mol. The van der Waals surface area contributed by atoms with Gasteiger partial charge in [-0.3, -0.25) is 4.21 Å². The van der Waals surface area contributed by atoms with Crippen molar-refractivity contribution in [1.29, 1.82) is 0 Å². The molecule has 2 aliphatic rings. The molecule has 0 amide bonds. The quantitative estimate of drug-likeness (QED) is 0.676. The lowest BCUT2D eigenvalue weighted by Gasteiger charge is -2.36. The first-order valence-electron chi connectivity index (χ1n) is 10.5. The maximum absolute atomic E-state index is 14.3. The number of aliphatic hydroxyl groups is 1. The van der Waals surface area contributed by atoms with E-state index in [1.54, 1.807) is 12.1 Å². The molecule has 31 heavy (non-hydrogen) atoms. The number of aromatic nitrogens is 2. The molecule has 0 saturated carbocycles. The van der Waals surface area contributed by atoms with Gasteiger partial charge < -0.3 is 20.2 Å². The Hall–Kier alpha value is -1.97. The summed E-state index contributed by atoms with van der Waals surface area (Å²) in [5, 5.41) is 13.4. The second kappa shape index (κ2) is 9.26. The fourth-order valence-corrected chi connectivity index (χ4v) is 5.38. The van der Waals surface area contributed by atoms with Crippen LogP contribution in [0.4, 0.5) is 21.8 Å². The first kappa shape index (κ1) is 22.2. The lowest BCUT2D eigenvalue weighted by Crippen LogP contribution is -2.47. The third kappa shape index (κ3) is 4.63. The maximum Gasteiger partial charge on any atom is 0.227 e. The molecule has 1 aromatic heterocycles. The van der Waals surface area contributed by atoms with Gasteiger partial charge in [0.2, 0.25) is 5.95 Å². The molecule has 7 nitrogen and oxygen atoms in total. The Morgan fingerprint density at radius 1 is 1.23 bits per heavy atom.